The van der Waals surface area contributed by atoms with Crippen LogP contribution in [0.5, 0.6) is 0 Å². The van der Waals surface area contributed by atoms with Crippen LogP contribution in [0.25, 0.3) is 16.4 Å². The van der Waals surface area contributed by atoms with Crippen molar-refractivity contribution in [2.24, 2.45) is 0 Å². The van der Waals surface area contributed by atoms with Crippen LogP contribution in [0.3, 0.4) is 0 Å². The Bertz CT molecular complexity index is 1400. The number of aryl methyl sites for hydroxylation is 1. The van der Waals surface area contributed by atoms with Gasteiger partial charge >= 0.3 is 0 Å². The molecule has 2 aromatic heterocycles. The predicted octanol–water partition coefficient (Wildman–Crippen LogP) is 2.87. The maximum absolute atomic E-state index is 13.1. The fourth-order valence-electron chi connectivity index (χ4n) is 3.67. The Hall–Kier alpha value is -3.19. The molecule has 3 heterocycles. The Morgan fingerprint density at radius 3 is 2.63 bits per heavy atom. The first-order chi connectivity index (χ1) is 13.0. The average Bonchev–Trinajstić information content (AvgIpc) is 2.86. The van der Waals surface area contributed by atoms with Crippen LogP contribution in [-0.2, 0) is 16.6 Å². The first-order valence-electron chi connectivity index (χ1n) is 8.49. The standard InChI is InChI=1S/C20H15N3O3S/c1-13-5-4-10-22-18(24)11-15(21-20(13)22)12-23-16-8-2-6-14-7-3-9-17(19(14)16)27(23,25)26/h2-11H,12H2,1H3. The minimum atomic E-state index is -3.69. The normalized spacial score (nSPS) is 14.9. The zero-order valence-corrected chi connectivity index (χ0v) is 15.3. The Morgan fingerprint density at radius 1 is 1.04 bits per heavy atom. The Labute approximate surface area is 155 Å². The summed E-state index contributed by atoms with van der Waals surface area (Å²) in [6, 6.07) is 15.8. The monoisotopic (exact) mass is 377 g/mol. The number of fused-ring (bicyclic) bond motifs is 1. The summed E-state index contributed by atoms with van der Waals surface area (Å²) in [5.41, 5.74) is 2.20. The van der Waals surface area contributed by atoms with E-state index in [2.05, 4.69) is 4.98 Å². The van der Waals surface area contributed by atoms with E-state index in [4.69, 9.17) is 0 Å². The molecule has 6 nitrogen and oxygen atoms in total. The molecule has 0 bridgehead atoms. The minimum absolute atomic E-state index is 0.0101. The molecule has 5 rings (SSSR count). The van der Waals surface area contributed by atoms with Crippen molar-refractivity contribution in [3.8, 4) is 0 Å². The summed E-state index contributed by atoms with van der Waals surface area (Å²) >= 11 is 0. The van der Waals surface area contributed by atoms with E-state index in [1.165, 1.54) is 14.8 Å². The molecule has 0 saturated carbocycles. The van der Waals surface area contributed by atoms with Crippen molar-refractivity contribution in [3.05, 3.63) is 82.4 Å². The fraction of sp³-hybridized carbons (Fsp3) is 0.100. The zero-order chi connectivity index (χ0) is 18.8. The summed E-state index contributed by atoms with van der Waals surface area (Å²) in [4.78, 5) is 17.3. The molecule has 27 heavy (non-hydrogen) atoms. The van der Waals surface area contributed by atoms with Gasteiger partial charge in [0.25, 0.3) is 15.6 Å². The van der Waals surface area contributed by atoms with E-state index in [0.29, 0.717) is 27.3 Å². The number of anilines is 1. The van der Waals surface area contributed by atoms with E-state index in [0.717, 1.165) is 10.9 Å². The summed E-state index contributed by atoms with van der Waals surface area (Å²) in [6.45, 7) is 1.88. The second-order valence-corrected chi connectivity index (χ2v) is 8.44. The molecule has 4 aromatic rings. The van der Waals surface area contributed by atoms with E-state index in [9.17, 15) is 13.2 Å². The highest BCUT2D eigenvalue weighted by molar-refractivity contribution is 7.93. The van der Waals surface area contributed by atoms with Crippen LogP contribution in [0.15, 0.2) is 70.5 Å². The van der Waals surface area contributed by atoms with Crippen LogP contribution < -0.4 is 9.86 Å². The lowest BCUT2D eigenvalue weighted by Gasteiger charge is -2.18. The van der Waals surface area contributed by atoms with Crippen molar-refractivity contribution in [2.45, 2.75) is 18.4 Å². The highest BCUT2D eigenvalue weighted by atomic mass is 32.2. The van der Waals surface area contributed by atoms with Crippen LogP contribution >= 0.6 is 0 Å². The smallest absolute Gasteiger partial charge is 0.265 e. The molecule has 2 aromatic carbocycles. The molecule has 7 heteroatoms. The van der Waals surface area contributed by atoms with Crippen molar-refractivity contribution in [1.82, 2.24) is 9.38 Å². The molecule has 0 unspecified atom stereocenters. The van der Waals surface area contributed by atoms with Crippen LogP contribution in [0.1, 0.15) is 11.3 Å². The van der Waals surface area contributed by atoms with E-state index >= 15 is 0 Å². The lowest BCUT2D eigenvalue weighted by molar-refractivity contribution is 0.593. The number of nitrogens with zero attached hydrogens (tertiary/aromatic N) is 3. The van der Waals surface area contributed by atoms with Gasteiger partial charge in [-0.1, -0.05) is 30.3 Å². The van der Waals surface area contributed by atoms with Crippen molar-refractivity contribution in [1.29, 1.82) is 0 Å². The number of hydrogen-bond acceptors (Lipinski definition) is 4. The van der Waals surface area contributed by atoms with Crippen molar-refractivity contribution in [3.63, 3.8) is 0 Å². The van der Waals surface area contributed by atoms with E-state index < -0.39 is 10.0 Å². The maximum Gasteiger partial charge on any atom is 0.265 e. The molecule has 0 radical (unpaired) electrons. The van der Waals surface area contributed by atoms with Crippen LogP contribution in [0.4, 0.5) is 5.69 Å². The molecule has 0 saturated heterocycles. The lowest BCUT2D eigenvalue weighted by Crippen LogP contribution is -2.28. The summed E-state index contributed by atoms with van der Waals surface area (Å²) in [7, 11) is -3.69. The fourth-order valence-corrected chi connectivity index (χ4v) is 5.35. The second kappa shape index (κ2) is 5.40. The summed E-state index contributed by atoms with van der Waals surface area (Å²) in [6.07, 6.45) is 1.66. The molecule has 0 atom stereocenters. The first kappa shape index (κ1) is 16.0. The van der Waals surface area contributed by atoms with Gasteiger partial charge in [0.05, 0.1) is 22.8 Å². The minimum Gasteiger partial charge on any atom is -0.269 e. The number of hydrogen-bond donors (Lipinski definition) is 0. The van der Waals surface area contributed by atoms with Gasteiger partial charge in [0.1, 0.15) is 5.65 Å². The number of rotatable bonds is 2. The van der Waals surface area contributed by atoms with Gasteiger partial charge < -0.3 is 0 Å². The molecule has 0 aliphatic carbocycles. The molecular weight excluding hydrogens is 362 g/mol. The lowest BCUT2D eigenvalue weighted by atomic mass is 10.1. The second-order valence-electron chi connectivity index (χ2n) is 6.61. The Morgan fingerprint density at radius 2 is 1.81 bits per heavy atom. The molecular formula is C20H15N3O3S. The van der Waals surface area contributed by atoms with Gasteiger partial charge in [-0.2, -0.15) is 0 Å². The van der Waals surface area contributed by atoms with Gasteiger partial charge in [0.2, 0.25) is 0 Å². The van der Waals surface area contributed by atoms with E-state index in [1.54, 1.807) is 30.5 Å². The largest absolute Gasteiger partial charge is 0.269 e. The molecule has 0 spiro atoms. The molecule has 1 aliphatic rings. The maximum atomic E-state index is 13.1. The first-order valence-corrected chi connectivity index (χ1v) is 9.93. The third-order valence-electron chi connectivity index (χ3n) is 4.93. The molecule has 0 amide bonds. The molecule has 1 aliphatic heterocycles. The van der Waals surface area contributed by atoms with Crippen molar-refractivity contribution in [2.75, 3.05) is 4.31 Å². The van der Waals surface area contributed by atoms with Crippen LogP contribution in [-0.4, -0.2) is 17.8 Å². The quantitative estimate of drug-likeness (QED) is 0.539. The molecule has 0 fully saturated rings. The van der Waals surface area contributed by atoms with Gasteiger partial charge in [0.15, 0.2) is 0 Å². The Kier molecular flexibility index (Phi) is 3.21. The third kappa shape index (κ3) is 2.21. The predicted molar refractivity (Wildman–Crippen MR) is 104 cm³/mol. The summed E-state index contributed by atoms with van der Waals surface area (Å²) in [5, 5.41) is 1.59. The number of aromatic nitrogens is 2. The Balaban J connectivity index is 1.69. The van der Waals surface area contributed by atoms with Gasteiger partial charge in [0, 0.05) is 17.6 Å². The highest BCUT2D eigenvalue weighted by Crippen LogP contribution is 2.42. The van der Waals surface area contributed by atoms with Crippen LogP contribution in [0, 0.1) is 6.92 Å². The highest BCUT2D eigenvalue weighted by Gasteiger charge is 2.35. The van der Waals surface area contributed by atoms with Gasteiger partial charge in [-0.25, -0.2) is 13.4 Å². The number of pyridine rings is 1. The van der Waals surface area contributed by atoms with E-state index in [-0.39, 0.29) is 12.1 Å². The third-order valence-corrected chi connectivity index (χ3v) is 6.73. The summed E-state index contributed by atoms with van der Waals surface area (Å²) < 4.78 is 29.0. The number of sulfonamides is 1. The van der Waals surface area contributed by atoms with Crippen molar-refractivity contribution >= 4 is 32.1 Å². The van der Waals surface area contributed by atoms with Crippen molar-refractivity contribution < 1.29 is 8.42 Å². The summed E-state index contributed by atoms with van der Waals surface area (Å²) in [5.74, 6) is 0. The van der Waals surface area contributed by atoms with Crippen LogP contribution in [0.2, 0.25) is 0 Å². The average molecular weight is 377 g/mol. The zero-order valence-electron chi connectivity index (χ0n) is 14.5. The molecule has 134 valence electrons. The van der Waals surface area contributed by atoms with E-state index in [1.807, 2.05) is 31.2 Å². The topological polar surface area (TPSA) is 71.8 Å². The number of benzene rings is 2. The SMILES string of the molecule is Cc1cccn2c(=O)cc(CN3c4cccc5cccc(c45)S3(=O)=O)nc12. The van der Waals surface area contributed by atoms with Gasteiger partial charge in [-0.05, 0) is 36.1 Å². The molecule has 0 N–H and O–H groups in total. The van der Waals surface area contributed by atoms with Gasteiger partial charge in [-0.3, -0.25) is 13.5 Å². The van der Waals surface area contributed by atoms with Gasteiger partial charge in [-0.15, -0.1) is 0 Å².